The van der Waals surface area contributed by atoms with Crippen LogP contribution in [0.2, 0.25) is 5.02 Å². The number of rotatable bonds is 5. The molecular formula is C15H16ClFN2OS. The maximum atomic E-state index is 13.5. The summed E-state index contributed by atoms with van der Waals surface area (Å²) >= 11 is 7.40. The van der Waals surface area contributed by atoms with Gasteiger partial charge in [0.15, 0.2) is 0 Å². The highest BCUT2D eigenvalue weighted by Crippen LogP contribution is 2.28. The van der Waals surface area contributed by atoms with Crippen LogP contribution in [0.5, 0.6) is 0 Å². The highest BCUT2D eigenvalue weighted by atomic mass is 35.5. The van der Waals surface area contributed by atoms with Crippen molar-refractivity contribution < 1.29 is 9.50 Å². The fraction of sp³-hybridized carbons (Fsp3) is 0.400. The number of aryl methyl sites for hydroxylation is 2. The predicted octanol–water partition coefficient (Wildman–Crippen LogP) is 3.25. The molecule has 1 aromatic heterocycles. The maximum absolute atomic E-state index is 13.5. The molecule has 21 heavy (non-hydrogen) atoms. The Hall–Kier alpha value is -1.01. The van der Waals surface area contributed by atoms with E-state index in [0.717, 1.165) is 17.8 Å². The summed E-state index contributed by atoms with van der Waals surface area (Å²) in [5.74, 6) is -0.470. The van der Waals surface area contributed by atoms with Gasteiger partial charge in [-0.2, -0.15) is 0 Å². The molecule has 3 nitrogen and oxygen atoms in total. The SMILES string of the molecule is OCC(NCc1nc2c(s1)CCC2)c1ccc(Cl)c(F)c1. The molecule has 6 heteroatoms. The minimum atomic E-state index is -0.470. The first-order valence-electron chi connectivity index (χ1n) is 6.94. The number of fused-ring (bicyclic) bond motifs is 1. The normalized spacial score (nSPS) is 15.2. The molecular weight excluding hydrogens is 311 g/mol. The van der Waals surface area contributed by atoms with Crippen LogP contribution in [0.1, 0.15) is 33.6 Å². The van der Waals surface area contributed by atoms with Gasteiger partial charge in [0.05, 0.1) is 23.4 Å². The Morgan fingerprint density at radius 2 is 2.29 bits per heavy atom. The van der Waals surface area contributed by atoms with Gasteiger partial charge in [-0.3, -0.25) is 0 Å². The Morgan fingerprint density at radius 3 is 3.00 bits per heavy atom. The molecule has 0 bridgehead atoms. The highest BCUT2D eigenvalue weighted by molar-refractivity contribution is 7.11. The number of hydrogen-bond acceptors (Lipinski definition) is 4. The molecule has 2 aromatic rings. The first-order chi connectivity index (χ1) is 10.2. The second kappa shape index (κ2) is 6.40. The van der Waals surface area contributed by atoms with E-state index < -0.39 is 5.82 Å². The Balaban J connectivity index is 1.67. The van der Waals surface area contributed by atoms with E-state index in [1.165, 1.54) is 29.1 Å². The van der Waals surface area contributed by atoms with Crippen molar-refractivity contribution in [3.05, 3.63) is 50.2 Å². The fourth-order valence-electron chi connectivity index (χ4n) is 2.55. The molecule has 0 radical (unpaired) electrons. The van der Waals surface area contributed by atoms with E-state index in [0.29, 0.717) is 12.1 Å². The lowest BCUT2D eigenvalue weighted by Crippen LogP contribution is -2.24. The second-order valence-electron chi connectivity index (χ2n) is 5.12. The minimum Gasteiger partial charge on any atom is -0.394 e. The minimum absolute atomic E-state index is 0.0896. The molecule has 0 fully saturated rings. The van der Waals surface area contributed by atoms with Crippen LogP contribution in [-0.2, 0) is 19.4 Å². The summed E-state index contributed by atoms with van der Waals surface area (Å²) < 4.78 is 13.5. The van der Waals surface area contributed by atoms with Crippen LogP contribution in [0.25, 0.3) is 0 Å². The van der Waals surface area contributed by atoms with Gasteiger partial charge in [-0.25, -0.2) is 9.37 Å². The summed E-state index contributed by atoms with van der Waals surface area (Å²) in [6.45, 7) is 0.472. The molecule has 0 aliphatic heterocycles. The van der Waals surface area contributed by atoms with Gasteiger partial charge in [0.1, 0.15) is 10.8 Å². The topological polar surface area (TPSA) is 45.1 Å². The third kappa shape index (κ3) is 3.26. The molecule has 2 N–H and O–H groups in total. The molecule has 1 heterocycles. The number of hydrogen-bond donors (Lipinski definition) is 2. The van der Waals surface area contributed by atoms with Crippen molar-refractivity contribution in [2.24, 2.45) is 0 Å². The molecule has 0 saturated carbocycles. The van der Waals surface area contributed by atoms with Gasteiger partial charge < -0.3 is 10.4 Å². The van der Waals surface area contributed by atoms with Crippen LogP contribution >= 0.6 is 22.9 Å². The maximum Gasteiger partial charge on any atom is 0.142 e. The molecule has 1 aromatic carbocycles. The van der Waals surface area contributed by atoms with Crippen molar-refractivity contribution in [3.8, 4) is 0 Å². The Bertz CT molecular complexity index is 625. The van der Waals surface area contributed by atoms with Crippen molar-refractivity contribution in [1.82, 2.24) is 10.3 Å². The standard InChI is InChI=1S/C15H16ClFN2OS/c16-10-5-4-9(6-11(10)17)13(8-20)18-7-15-19-12-2-1-3-14(12)21-15/h4-6,13,18,20H,1-3,7-8H2. The Morgan fingerprint density at radius 1 is 1.43 bits per heavy atom. The zero-order chi connectivity index (χ0) is 14.8. The van der Waals surface area contributed by atoms with Crippen molar-refractivity contribution in [2.45, 2.75) is 31.8 Å². The summed E-state index contributed by atoms with van der Waals surface area (Å²) in [4.78, 5) is 5.98. The number of nitrogens with zero attached hydrogens (tertiary/aromatic N) is 1. The average molecular weight is 327 g/mol. The lowest BCUT2D eigenvalue weighted by Gasteiger charge is -2.16. The molecule has 112 valence electrons. The average Bonchev–Trinajstić information content (AvgIpc) is 3.04. The largest absolute Gasteiger partial charge is 0.394 e. The van der Waals surface area contributed by atoms with Gasteiger partial charge in [-0.05, 0) is 37.0 Å². The fourth-order valence-corrected chi connectivity index (χ4v) is 3.77. The molecule has 1 unspecified atom stereocenters. The molecule has 0 spiro atoms. The van der Waals surface area contributed by atoms with E-state index in [2.05, 4.69) is 10.3 Å². The number of aliphatic hydroxyl groups is 1. The van der Waals surface area contributed by atoms with Gasteiger partial charge in [0.2, 0.25) is 0 Å². The van der Waals surface area contributed by atoms with Gasteiger partial charge in [-0.1, -0.05) is 17.7 Å². The monoisotopic (exact) mass is 326 g/mol. The van der Waals surface area contributed by atoms with Crippen LogP contribution in [0.3, 0.4) is 0 Å². The van der Waals surface area contributed by atoms with E-state index in [1.54, 1.807) is 17.4 Å². The van der Waals surface area contributed by atoms with E-state index in [-0.39, 0.29) is 17.7 Å². The summed E-state index contributed by atoms with van der Waals surface area (Å²) in [7, 11) is 0. The predicted molar refractivity (Wildman–Crippen MR) is 82.2 cm³/mol. The summed E-state index contributed by atoms with van der Waals surface area (Å²) in [5, 5.41) is 13.8. The lowest BCUT2D eigenvalue weighted by atomic mass is 10.1. The number of halogens is 2. The van der Waals surface area contributed by atoms with Crippen molar-refractivity contribution in [2.75, 3.05) is 6.61 Å². The zero-order valence-electron chi connectivity index (χ0n) is 11.4. The highest BCUT2D eigenvalue weighted by Gasteiger charge is 2.18. The summed E-state index contributed by atoms with van der Waals surface area (Å²) in [6.07, 6.45) is 3.39. The number of nitrogens with one attached hydrogen (secondary N) is 1. The Labute approximate surface area is 131 Å². The van der Waals surface area contributed by atoms with Gasteiger partial charge in [0.25, 0.3) is 0 Å². The third-order valence-corrected chi connectivity index (χ3v) is 5.13. The quantitative estimate of drug-likeness (QED) is 0.886. The number of benzene rings is 1. The Kier molecular flexibility index (Phi) is 4.54. The third-order valence-electron chi connectivity index (χ3n) is 3.67. The molecule has 1 aliphatic rings. The van der Waals surface area contributed by atoms with Gasteiger partial charge >= 0.3 is 0 Å². The molecule has 0 saturated heterocycles. The van der Waals surface area contributed by atoms with Crippen LogP contribution in [-0.4, -0.2) is 16.7 Å². The smallest absolute Gasteiger partial charge is 0.142 e. The number of thiazole rings is 1. The molecule has 0 amide bonds. The van der Waals surface area contributed by atoms with Crippen molar-refractivity contribution in [3.63, 3.8) is 0 Å². The van der Waals surface area contributed by atoms with Crippen LogP contribution in [0.4, 0.5) is 4.39 Å². The molecule has 3 rings (SSSR count). The van der Waals surface area contributed by atoms with E-state index in [4.69, 9.17) is 11.6 Å². The van der Waals surface area contributed by atoms with Crippen LogP contribution in [0, 0.1) is 5.82 Å². The van der Waals surface area contributed by atoms with Gasteiger partial charge in [0, 0.05) is 11.4 Å². The lowest BCUT2D eigenvalue weighted by molar-refractivity contribution is 0.243. The first-order valence-corrected chi connectivity index (χ1v) is 8.13. The first kappa shape index (κ1) is 14.9. The van der Waals surface area contributed by atoms with Crippen molar-refractivity contribution >= 4 is 22.9 Å². The number of aromatic nitrogens is 1. The second-order valence-corrected chi connectivity index (χ2v) is 6.70. The van der Waals surface area contributed by atoms with Crippen LogP contribution < -0.4 is 5.32 Å². The van der Waals surface area contributed by atoms with Gasteiger partial charge in [-0.15, -0.1) is 11.3 Å². The van der Waals surface area contributed by atoms with E-state index in [1.807, 2.05) is 0 Å². The molecule has 1 aliphatic carbocycles. The van der Waals surface area contributed by atoms with E-state index >= 15 is 0 Å². The summed E-state index contributed by atoms with van der Waals surface area (Å²) in [5.41, 5.74) is 1.90. The van der Waals surface area contributed by atoms with Crippen LogP contribution in [0.15, 0.2) is 18.2 Å². The van der Waals surface area contributed by atoms with Crippen molar-refractivity contribution in [1.29, 1.82) is 0 Å². The molecule has 1 atom stereocenters. The van der Waals surface area contributed by atoms with E-state index in [9.17, 15) is 9.50 Å². The summed E-state index contributed by atoms with van der Waals surface area (Å²) in [6, 6.07) is 4.27. The zero-order valence-corrected chi connectivity index (χ0v) is 13.0. The number of aliphatic hydroxyl groups excluding tert-OH is 1.